The Morgan fingerprint density at radius 3 is 2.35 bits per heavy atom. The predicted octanol–water partition coefficient (Wildman–Crippen LogP) is 2.49. The van der Waals surface area contributed by atoms with Gasteiger partial charge >= 0.3 is 0 Å². The minimum absolute atomic E-state index is 0.136. The molecule has 8 nitrogen and oxygen atoms in total. The van der Waals surface area contributed by atoms with Crippen molar-refractivity contribution in [1.29, 1.82) is 0 Å². The van der Waals surface area contributed by atoms with Crippen molar-refractivity contribution >= 4 is 16.2 Å². The number of aliphatic imine (C=N–C) groups is 1. The van der Waals surface area contributed by atoms with Crippen molar-refractivity contribution in [3.63, 3.8) is 0 Å². The van der Waals surface area contributed by atoms with Gasteiger partial charge in [0.15, 0.2) is 21.2 Å². The van der Waals surface area contributed by atoms with Crippen LogP contribution in [-0.4, -0.2) is 80.9 Å². The van der Waals surface area contributed by atoms with Gasteiger partial charge in [0.1, 0.15) is 11.9 Å². The van der Waals surface area contributed by atoms with Gasteiger partial charge in [-0.2, -0.15) is 4.99 Å². The Hall–Kier alpha value is -1.97. The van der Waals surface area contributed by atoms with Crippen LogP contribution in [-0.2, 0) is 14.6 Å². The van der Waals surface area contributed by atoms with Crippen LogP contribution >= 0.6 is 0 Å². The minimum Gasteiger partial charge on any atom is -0.474 e. The summed E-state index contributed by atoms with van der Waals surface area (Å²) in [6.45, 7) is 5.81. The van der Waals surface area contributed by atoms with Crippen LogP contribution in [0.1, 0.15) is 38.3 Å². The van der Waals surface area contributed by atoms with Gasteiger partial charge in [0.2, 0.25) is 5.88 Å². The quantitative estimate of drug-likeness (QED) is 0.621. The van der Waals surface area contributed by atoms with E-state index in [0.29, 0.717) is 21.8 Å². The number of hydrogen-bond acceptors (Lipinski definition) is 7. The number of likely N-dealkylation sites (N-methyl/N-ethyl adjacent to an activating group) is 1. The normalized spacial score (nSPS) is 25.0. The van der Waals surface area contributed by atoms with E-state index < -0.39 is 9.84 Å². The van der Waals surface area contributed by atoms with Gasteiger partial charge in [-0.05, 0) is 58.7 Å². The summed E-state index contributed by atoms with van der Waals surface area (Å²) >= 11 is 0. The van der Waals surface area contributed by atoms with E-state index in [1.54, 1.807) is 19.1 Å². The highest BCUT2D eigenvalue weighted by molar-refractivity contribution is 7.92. The number of likely N-dealkylation sites (tertiary alicyclic amines) is 1. The lowest BCUT2D eigenvalue weighted by Crippen LogP contribution is -2.53. The van der Waals surface area contributed by atoms with Crippen LogP contribution in [0.3, 0.4) is 0 Å². The summed E-state index contributed by atoms with van der Waals surface area (Å²) in [5.41, 5.74) is 1.48. The van der Waals surface area contributed by atoms with E-state index in [4.69, 9.17) is 9.47 Å². The molecule has 31 heavy (non-hydrogen) atoms. The molecule has 1 aromatic heterocycles. The number of quaternary nitrogens is 1. The summed E-state index contributed by atoms with van der Waals surface area (Å²) in [5, 5.41) is -0.141. The van der Waals surface area contributed by atoms with Crippen LogP contribution < -0.4 is 4.74 Å². The van der Waals surface area contributed by atoms with Crippen molar-refractivity contribution in [1.82, 2.24) is 9.88 Å². The molecule has 3 aliphatic rings. The molecule has 2 fully saturated rings. The second-order valence-corrected chi connectivity index (χ2v) is 11.6. The number of nitrogens with zero attached hydrogens (tertiary/aromatic N) is 4. The van der Waals surface area contributed by atoms with Crippen LogP contribution in [0.25, 0.3) is 0 Å². The Kier molecular flexibility index (Phi) is 5.87. The molecule has 1 saturated carbocycles. The first-order valence-electron chi connectivity index (χ1n) is 10.9. The maximum absolute atomic E-state index is 12.5. The first-order valence-corrected chi connectivity index (χ1v) is 12.5. The molecule has 0 aromatic carbocycles. The Morgan fingerprint density at radius 1 is 1.06 bits per heavy atom. The number of hydrogen-bond donors (Lipinski definition) is 0. The summed E-state index contributed by atoms with van der Waals surface area (Å²) in [6, 6.07) is 3.27. The number of sulfone groups is 1. The molecule has 1 saturated heterocycles. The second-order valence-electron chi connectivity index (χ2n) is 9.43. The zero-order chi connectivity index (χ0) is 22.4. The van der Waals surface area contributed by atoms with Gasteiger partial charge in [-0.1, -0.05) is 0 Å². The Labute approximate surface area is 185 Å². The maximum atomic E-state index is 12.5. The van der Waals surface area contributed by atoms with Gasteiger partial charge in [0.25, 0.3) is 6.23 Å². The monoisotopic (exact) mass is 449 g/mol. The SMILES string of the molecule is CC1=C(OC2CCN(C)CC2)N=C[N+](C)(C)C1Oc1ccc(S(=O)(=O)C2CC2)nc1C. The lowest BCUT2D eigenvalue weighted by Gasteiger charge is -2.37. The molecule has 2 aliphatic heterocycles. The van der Waals surface area contributed by atoms with Gasteiger partial charge in [0.05, 0.1) is 30.6 Å². The van der Waals surface area contributed by atoms with Crippen LogP contribution in [0.15, 0.2) is 33.6 Å². The van der Waals surface area contributed by atoms with Crippen molar-refractivity contribution in [2.75, 3.05) is 34.2 Å². The molecule has 1 atom stereocenters. The molecule has 0 radical (unpaired) electrons. The van der Waals surface area contributed by atoms with Crippen molar-refractivity contribution in [2.45, 2.75) is 62.1 Å². The first kappa shape index (κ1) is 22.2. The van der Waals surface area contributed by atoms with E-state index in [0.717, 1.165) is 44.3 Å². The maximum Gasteiger partial charge on any atom is 0.266 e. The minimum atomic E-state index is -3.33. The van der Waals surface area contributed by atoms with Gasteiger partial charge in [0, 0.05) is 13.1 Å². The van der Waals surface area contributed by atoms with Crippen LogP contribution in [0.5, 0.6) is 5.75 Å². The number of ether oxygens (including phenoxy) is 2. The number of rotatable bonds is 6. The van der Waals surface area contributed by atoms with E-state index in [-0.39, 0.29) is 22.6 Å². The highest BCUT2D eigenvalue weighted by Gasteiger charge is 2.40. The van der Waals surface area contributed by atoms with Gasteiger partial charge in [-0.3, -0.25) is 0 Å². The average molecular weight is 450 g/mol. The number of aromatic nitrogens is 1. The first-order chi connectivity index (χ1) is 14.6. The predicted molar refractivity (Wildman–Crippen MR) is 119 cm³/mol. The summed E-state index contributed by atoms with van der Waals surface area (Å²) < 4.78 is 38.0. The summed E-state index contributed by atoms with van der Waals surface area (Å²) in [4.78, 5) is 11.2. The molecule has 170 valence electrons. The van der Waals surface area contributed by atoms with E-state index in [1.165, 1.54) is 0 Å². The molecule has 0 N–H and O–H groups in total. The summed E-state index contributed by atoms with van der Waals surface area (Å²) in [7, 11) is 2.83. The third-order valence-electron chi connectivity index (χ3n) is 6.23. The molecule has 1 aliphatic carbocycles. The zero-order valence-corrected chi connectivity index (χ0v) is 19.9. The standard InChI is InChI=1S/C22H33N4O4S/c1-15-21(29-17-10-12-25(3)13-11-17)23-14-26(4,5)22(15)30-19-8-9-20(24-16(19)2)31(27,28)18-6-7-18/h8-9,14,17-18,22H,6-7,10-13H2,1-5H3/q+1. The summed E-state index contributed by atoms with van der Waals surface area (Å²) in [5.74, 6) is 1.19. The fourth-order valence-corrected chi connectivity index (χ4v) is 5.67. The number of pyridine rings is 1. The molecule has 3 heterocycles. The van der Waals surface area contributed by atoms with Crippen LogP contribution in [0.2, 0.25) is 0 Å². The third-order valence-corrected chi connectivity index (χ3v) is 8.39. The largest absolute Gasteiger partial charge is 0.474 e. The highest BCUT2D eigenvalue weighted by atomic mass is 32.2. The number of aryl methyl sites for hydroxylation is 1. The van der Waals surface area contributed by atoms with Gasteiger partial charge in [-0.15, -0.1) is 0 Å². The van der Waals surface area contributed by atoms with Crippen molar-refractivity contribution in [3.05, 3.63) is 29.3 Å². The van der Waals surface area contributed by atoms with Gasteiger partial charge < -0.3 is 14.4 Å². The second kappa shape index (κ2) is 8.18. The average Bonchev–Trinajstić information content (AvgIpc) is 3.56. The molecule has 1 unspecified atom stereocenters. The lowest BCUT2D eigenvalue weighted by molar-refractivity contribution is -0.837. The van der Waals surface area contributed by atoms with Crippen molar-refractivity contribution in [2.24, 2.45) is 4.99 Å². The molecule has 1 aromatic rings. The fourth-order valence-electron chi connectivity index (χ4n) is 4.05. The molecule has 4 rings (SSSR count). The van der Waals surface area contributed by atoms with E-state index in [2.05, 4.69) is 21.9 Å². The fraction of sp³-hybridized carbons (Fsp3) is 0.636. The van der Waals surface area contributed by atoms with Crippen LogP contribution in [0.4, 0.5) is 0 Å². The Bertz CT molecular complexity index is 1010. The zero-order valence-electron chi connectivity index (χ0n) is 19.0. The Balaban J connectivity index is 1.54. The molecule has 0 bridgehead atoms. The number of piperidine rings is 1. The molecule has 0 spiro atoms. The lowest BCUT2D eigenvalue weighted by atomic mass is 10.1. The topological polar surface area (TPSA) is 81.1 Å². The van der Waals surface area contributed by atoms with E-state index in [1.807, 2.05) is 27.4 Å². The highest BCUT2D eigenvalue weighted by Crippen LogP contribution is 2.34. The molecular weight excluding hydrogens is 416 g/mol. The third kappa shape index (κ3) is 4.63. The van der Waals surface area contributed by atoms with E-state index >= 15 is 0 Å². The van der Waals surface area contributed by atoms with Crippen LogP contribution in [0, 0.1) is 6.92 Å². The smallest absolute Gasteiger partial charge is 0.266 e. The molecule has 9 heteroatoms. The van der Waals surface area contributed by atoms with E-state index in [9.17, 15) is 8.42 Å². The molecule has 0 amide bonds. The molecular formula is C22H33N4O4S+. The Morgan fingerprint density at radius 2 is 1.74 bits per heavy atom. The van der Waals surface area contributed by atoms with Gasteiger partial charge in [-0.25, -0.2) is 17.9 Å². The van der Waals surface area contributed by atoms with Crippen molar-refractivity contribution < 1.29 is 22.4 Å². The van der Waals surface area contributed by atoms with Crippen molar-refractivity contribution in [3.8, 4) is 5.75 Å². The summed E-state index contributed by atoms with van der Waals surface area (Å²) in [6.07, 6.45) is 5.04.